The van der Waals surface area contributed by atoms with Gasteiger partial charge in [0.2, 0.25) is 0 Å². The molecule has 0 saturated heterocycles. The zero-order valence-corrected chi connectivity index (χ0v) is 19.5. The Morgan fingerprint density at radius 2 is 1.62 bits per heavy atom. The highest BCUT2D eigenvalue weighted by atomic mass is 79.9. The van der Waals surface area contributed by atoms with Gasteiger partial charge in [0.15, 0.2) is 5.78 Å². The molecular formula is C23H33BrO5. The zero-order chi connectivity index (χ0) is 21.2. The average molecular weight is 469 g/mol. The van der Waals surface area contributed by atoms with Crippen LogP contribution in [-0.4, -0.2) is 34.3 Å². The molecule has 5 nitrogen and oxygen atoms in total. The van der Waals surface area contributed by atoms with Crippen LogP contribution < -0.4 is 0 Å². The van der Waals surface area contributed by atoms with Gasteiger partial charge in [-0.1, -0.05) is 29.8 Å². The van der Waals surface area contributed by atoms with Crippen LogP contribution in [0.25, 0.3) is 0 Å². The summed E-state index contributed by atoms with van der Waals surface area (Å²) in [5.41, 5.74) is -0.396. The topological polar surface area (TPSA) is 69.7 Å². The smallest absolute Gasteiger partial charge is 0.302 e. The maximum absolute atomic E-state index is 13.8. The van der Waals surface area contributed by atoms with Gasteiger partial charge in [-0.25, -0.2) is 0 Å². The lowest BCUT2D eigenvalue weighted by Gasteiger charge is -2.64. The number of fused-ring (bicyclic) bond motifs is 5. The lowest BCUT2D eigenvalue weighted by atomic mass is 9.44. The number of halogens is 1. The minimum Gasteiger partial charge on any atom is -0.463 e. The first kappa shape index (κ1) is 21.3. The summed E-state index contributed by atoms with van der Waals surface area (Å²) in [6, 6.07) is 0. The summed E-state index contributed by atoms with van der Waals surface area (Å²) >= 11 is 4.07. The lowest BCUT2D eigenvalue weighted by Crippen LogP contribution is -2.67. The third kappa shape index (κ3) is 3.02. The fraction of sp³-hybridized carbons (Fsp3) is 0.870. The third-order valence-electron chi connectivity index (χ3n) is 9.00. The molecule has 0 spiro atoms. The molecule has 4 saturated carbocycles. The molecular weight excluding hydrogens is 436 g/mol. The first-order valence-electron chi connectivity index (χ1n) is 11.1. The molecule has 0 bridgehead atoms. The number of ketones is 1. The Balaban J connectivity index is 1.63. The van der Waals surface area contributed by atoms with Crippen LogP contribution in [0.5, 0.6) is 0 Å². The van der Waals surface area contributed by atoms with E-state index < -0.39 is 4.32 Å². The number of esters is 2. The van der Waals surface area contributed by atoms with Crippen LogP contribution in [0.15, 0.2) is 0 Å². The molecule has 0 aromatic carbocycles. The molecule has 162 valence electrons. The molecule has 0 N–H and O–H groups in total. The highest BCUT2D eigenvalue weighted by molar-refractivity contribution is 9.10. The second kappa shape index (κ2) is 7.06. The van der Waals surface area contributed by atoms with Crippen molar-refractivity contribution >= 4 is 33.7 Å². The molecule has 0 radical (unpaired) electrons. The van der Waals surface area contributed by atoms with E-state index in [2.05, 4.69) is 29.8 Å². The largest absolute Gasteiger partial charge is 0.463 e. The summed E-state index contributed by atoms with van der Waals surface area (Å²) in [7, 11) is 0. The van der Waals surface area contributed by atoms with Crippen molar-refractivity contribution in [3.63, 3.8) is 0 Å². The van der Waals surface area contributed by atoms with Gasteiger partial charge in [0.1, 0.15) is 12.2 Å². The first-order valence-corrected chi connectivity index (χ1v) is 11.9. The van der Waals surface area contributed by atoms with Crippen LogP contribution in [-0.2, 0) is 23.9 Å². The predicted octanol–water partition coefficient (Wildman–Crippen LogP) is 4.59. The normalized spacial score (nSPS) is 48.9. The van der Waals surface area contributed by atoms with Gasteiger partial charge in [0, 0.05) is 25.7 Å². The highest BCUT2D eigenvalue weighted by Crippen LogP contribution is 2.70. The SMILES string of the molecule is CC(=O)O[C@@H]1CC[C@@]2(C)[C@@H](CC[C@H]3[C@@H]4CC[C@@H](OC(C)=O)[C@@]4(C)CC(=O)[C@@]32Br)C1. The van der Waals surface area contributed by atoms with Crippen molar-refractivity contribution in [1.82, 2.24) is 0 Å². The van der Waals surface area contributed by atoms with Gasteiger partial charge < -0.3 is 9.47 Å². The van der Waals surface area contributed by atoms with Crippen LogP contribution in [0.2, 0.25) is 0 Å². The maximum atomic E-state index is 13.8. The minimum absolute atomic E-state index is 0.0259. The molecule has 0 amide bonds. The molecule has 6 heteroatoms. The van der Waals surface area contributed by atoms with E-state index in [0.717, 1.165) is 44.9 Å². The summed E-state index contributed by atoms with van der Waals surface area (Å²) in [6.45, 7) is 7.38. The summed E-state index contributed by atoms with van der Waals surface area (Å²) in [6.07, 6.45) is 6.75. The van der Waals surface area contributed by atoms with E-state index >= 15 is 0 Å². The van der Waals surface area contributed by atoms with E-state index in [4.69, 9.17) is 9.47 Å². The molecule has 4 rings (SSSR count). The molecule has 0 aromatic heterocycles. The predicted molar refractivity (Wildman–Crippen MR) is 111 cm³/mol. The summed E-state index contributed by atoms with van der Waals surface area (Å²) < 4.78 is 10.7. The molecule has 4 aliphatic rings. The van der Waals surface area contributed by atoms with Crippen molar-refractivity contribution in [3.05, 3.63) is 0 Å². The molecule has 0 unspecified atom stereocenters. The fourth-order valence-electron chi connectivity index (χ4n) is 7.63. The Bertz CT molecular complexity index is 737. The van der Waals surface area contributed by atoms with Crippen LogP contribution >= 0.6 is 15.9 Å². The van der Waals surface area contributed by atoms with E-state index in [1.165, 1.54) is 13.8 Å². The van der Waals surface area contributed by atoms with Gasteiger partial charge in [0.05, 0.1) is 4.32 Å². The Labute approximate surface area is 181 Å². The van der Waals surface area contributed by atoms with Crippen LogP contribution in [0.3, 0.4) is 0 Å². The highest BCUT2D eigenvalue weighted by Gasteiger charge is 2.70. The van der Waals surface area contributed by atoms with Gasteiger partial charge in [-0.2, -0.15) is 0 Å². The Morgan fingerprint density at radius 1 is 0.966 bits per heavy atom. The monoisotopic (exact) mass is 468 g/mol. The van der Waals surface area contributed by atoms with Gasteiger partial charge in [-0.3, -0.25) is 14.4 Å². The second-order valence-electron chi connectivity index (χ2n) is 10.4. The summed E-state index contributed by atoms with van der Waals surface area (Å²) in [5.74, 6) is 0.828. The number of hydrogen-bond donors (Lipinski definition) is 0. The molecule has 0 heterocycles. The maximum Gasteiger partial charge on any atom is 0.302 e. The van der Waals surface area contributed by atoms with E-state index in [1.807, 2.05) is 0 Å². The number of carbonyl (C=O) groups excluding carboxylic acids is 3. The standard InChI is InChI=1S/C23H33BrO5/c1-13(25)28-16-9-10-22(4)15(11-16)5-6-18-17-7-8-20(29-14(2)26)21(17,3)12-19(27)23(18,22)24/h15-18,20H,5-12H2,1-4H3/t15-,16+,17-,18-,20+,21-,22-,23-/m0/s1. The van der Waals surface area contributed by atoms with Gasteiger partial charge >= 0.3 is 11.9 Å². The molecule has 8 atom stereocenters. The van der Waals surface area contributed by atoms with Crippen molar-refractivity contribution in [2.75, 3.05) is 0 Å². The number of carbonyl (C=O) groups is 3. The van der Waals surface area contributed by atoms with E-state index in [0.29, 0.717) is 18.3 Å². The number of Topliss-reactive ketones (excluding diaryl/α,β-unsaturated/α-hetero) is 1. The zero-order valence-electron chi connectivity index (χ0n) is 18.0. The number of hydrogen-bond acceptors (Lipinski definition) is 5. The first-order chi connectivity index (χ1) is 13.5. The second-order valence-corrected chi connectivity index (χ2v) is 11.7. The fourth-order valence-corrected chi connectivity index (χ4v) is 8.84. The average Bonchev–Trinajstić information content (AvgIpc) is 2.92. The van der Waals surface area contributed by atoms with E-state index in [9.17, 15) is 14.4 Å². The van der Waals surface area contributed by atoms with Crippen LogP contribution in [0.1, 0.15) is 79.1 Å². The lowest BCUT2D eigenvalue weighted by molar-refractivity contribution is -0.169. The number of alkyl halides is 1. The van der Waals surface area contributed by atoms with Crippen molar-refractivity contribution in [2.45, 2.75) is 95.6 Å². The molecule has 0 aliphatic heterocycles. The number of rotatable bonds is 2. The van der Waals surface area contributed by atoms with Crippen molar-refractivity contribution < 1.29 is 23.9 Å². The van der Waals surface area contributed by atoms with E-state index in [1.54, 1.807) is 0 Å². The molecule has 4 fully saturated rings. The van der Waals surface area contributed by atoms with Gasteiger partial charge in [-0.15, -0.1) is 0 Å². The molecule has 4 aliphatic carbocycles. The molecule has 0 aromatic rings. The van der Waals surface area contributed by atoms with E-state index in [-0.39, 0.29) is 46.7 Å². The Hall–Kier alpha value is -0.910. The number of ether oxygens (including phenoxy) is 2. The Morgan fingerprint density at radius 3 is 2.28 bits per heavy atom. The Kier molecular flexibility index (Phi) is 5.20. The van der Waals surface area contributed by atoms with Crippen molar-refractivity contribution in [2.24, 2.45) is 28.6 Å². The van der Waals surface area contributed by atoms with Crippen molar-refractivity contribution in [3.8, 4) is 0 Å². The third-order valence-corrected chi connectivity index (χ3v) is 10.9. The van der Waals surface area contributed by atoms with Crippen LogP contribution in [0, 0.1) is 28.6 Å². The van der Waals surface area contributed by atoms with Crippen molar-refractivity contribution in [1.29, 1.82) is 0 Å². The van der Waals surface area contributed by atoms with Gasteiger partial charge in [0.25, 0.3) is 0 Å². The van der Waals surface area contributed by atoms with Crippen LogP contribution in [0.4, 0.5) is 0 Å². The minimum atomic E-state index is -0.528. The molecule has 29 heavy (non-hydrogen) atoms. The van der Waals surface area contributed by atoms with Gasteiger partial charge in [-0.05, 0) is 68.1 Å². The quantitative estimate of drug-likeness (QED) is 0.437. The summed E-state index contributed by atoms with van der Waals surface area (Å²) in [4.78, 5) is 36.9. The summed E-state index contributed by atoms with van der Waals surface area (Å²) in [5, 5.41) is 0.